The van der Waals surface area contributed by atoms with Gasteiger partial charge in [-0.3, -0.25) is 0 Å². The maximum absolute atomic E-state index is 12.9. The molecule has 36 heavy (non-hydrogen) atoms. The fraction of sp³-hybridized carbons (Fsp3) is 0.630. The summed E-state index contributed by atoms with van der Waals surface area (Å²) in [7, 11) is 0. The van der Waals surface area contributed by atoms with Gasteiger partial charge >= 0.3 is 18.0 Å². The summed E-state index contributed by atoms with van der Waals surface area (Å²) < 4.78 is 77.4. The van der Waals surface area contributed by atoms with Crippen LogP contribution in [-0.2, 0) is 0 Å². The Morgan fingerprint density at radius 1 is 1.17 bits per heavy atom. The summed E-state index contributed by atoms with van der Waals surface area (Å²) in [5.41, 5.74) is -1.86. The van der Waals surface area contributed by atoms with E-state index in [0.29, 0.717) is 18.4 Å². The first kappa shape index (κ1) is 28.5. The smallest absolute Gasteiger partial charge is 0.393 e. The molecule has 0 saturated heterocycles. The van der Waals surface area contributed by atoms with Crippen LogP contribution in [-0.4, -0.2) is 45.5 Å². The highest BCUT2D eigenvalue weighted by atomic mass is 19.4. The zero-order valence-electron chi connectivity index (χ0n) is 20.3. The summed E-state index contributed by atoms with van der Waals surface area (Å²) >= 11 is 0. The van der Waals surface area contributed by atoms with E-state index in [1.165, 1.54) is 5.57 Å². The number of hydrogen-bond acceptors (Lipinski definition) is 3. The molecule has 0 bridgehead atoms. The van der Waals surface area contributed by atoms with Gasteiger partial charge < -0.3 is 15.3 Å². The molecular formula is C27H32F6O3. The maximum atomic E-state index is 12.9. The monoisotopic (exact) mass is 518 g/mol. The predicted octanol–water partition coefficient (Wildman–Crippen LogP) is 5.93. The van der Waals surface area contributed by atoms with Crippen molar-refractivity contribution in [2.45, 2.75) is 89.0 Å². The lowest BCUT2D eigenvalue weighted by Gasteiger charge is -2.42. The molecule has 0 aliphatic heterocycles. The van der Waals surface area contributed by atoms with Crippen LogP contribution in [0.3, 0.4) is 0 Å². The fourth-order valence-electron chi connectivity index (χ4n) is 5.83. The Morgan fingerprint density at radius 3 is 2.42 bits per heavy atom. The van der Waals surface area contributed by atoms with E-state index in [4.69, 9.17) is 0 Å². The van der Waals surface area contributed by atoms with Crippen LogP contribution in [0.1, 0.15) is 58.8 Å². The van der Waals surface area contributed by atoms with Crippen LogP contribution in [0.2, 0.25) is 0 Å². The zero-order chi connectivity index (χ0) is 27.1. The van der Waals surface area contributed by atoms with Gasteiger partial charge in [0, 0.05) is 12.8 Å². The largest absolute Gasteiger partial charge is 0.438 e. The van der Waals surface area contributed by atoms with Gasteiger partial charge in [-0.1, -0.05) is 55.7 Å². The van der Waals surface area contributed by atoms with Crippen LogP contribution < -0.4 is 0 Å². The average Bonchev–Trinajstić information content (AvgIpc) is 3.11. The summed E-state index contributed by atoms with van der Waals surface area (Å²) in [5.74, 6) is 2.75. The van der Waals surface area contributed by atoms with Crippen molar-refractivity contribution in [1.82, 2.24) is 0 Å². The molecule has 2 saturated carbocycles. The first-order valence-electron chi connectivity index (χ1n) is 12.0. The standard InChI is InChI=1S/C27H32F6O3/c1-16(6-4-13-25(36,26(28,29)30)27(31,32)33)21-10-11-22-18(7-5-12-24(21,22)3)8-9-19-14-20(34)15-23(35)17(19)2/h8-10,16,20,22-23,34-36H,2,5-7,11-12,14-15H2,1,3H3/t16?,20?,22?,23-,24+/m0/s1. The normalized spacial score (nSPS) is 32.7. The van der Waals surface area contributed by atoms with Gasteiger partial charge in [0.15, 0.2) is 0 Å². The first-order valence-corrected chi connectivity index (χ1v) is 12.0. The maximum Gasteiger partial charge on any atom is 0.438 e. The summed E-state index contributed by atoms with van der Waals surface area (Å²) in [6.07, 6.45) is -3.80. The molecule has 2 fully saturated rings. The highest BCUT2D eigenvalue weighted by molar-refractivity contribution is 5.40. The Balaban J connectivity index is 1.78. The van der Waals surface area contributed by atoms with Gasteiger partial charge in [-0.2, -0.15) is 26.3 Å². The van der Waals surface area contributed by atoms with E-state index in [9.17, 15) is 41.7 Å². The molecule has 0 radical (unpaired) electrons. The second-order valence-corrected chi connectivity index (χ2v) is 10.4. The van der Waals surface area contributed by atoms with Gasteiger partial charge in [-0.05, 0) is 66.4 Å². The lowest BCUT2D eigenvalue weighted by atomic mass is 9.62. The van der Waals surface area contributed by atoms with Crippen LogP contribution in [0.4, 0.5) is 26.3 Å². The lowest BCUT2D eigenvalue weighted by molar-refractivity contribution is -0.343. The third-order valence-electron chi connectivity index (χ3n) is 7.90. The van der Waals surface area contributed by atoms with Gasteiger partial charge in [-0.15, -0.1) is 0 Å². The number of allylic oxidation sites excluding steroid dienone is 5. The van der Waals surface area contributed by atoms with Crippen LogP contribution in [0.15, 0.2) is 47.1 Å². The van der Waals surface area contributed by atoms with Crippen molar-refractivity contribution in [2.24, 2.45) is 17.3 Å². The van der Waals surface area contributed by atoms with E-state index in [0.717, 1.165) is 36.3 Å². The van der Waals surface area contributed by atoms with Gasteiger partial charge in [0.05, 0.1) is 12.2 Å². The highest BCUT2D eigenvalue weighted by Gasteiger charge is 2.70. The second kappa shape index (κ2) is 10.0. The van der Waals surface area contributed by atoms with Crippen molar-refractivity contribution in [1.29, 1.82) is 0 Å². The number of hydrogen-bond donors (Lipinski definition) is 3. The van der Waals surface area contributed by atoms with E-state index >= 15 is 0 Å². The molecule has 5 atom stereocenters. The van der Waals surface area contributed by atoms with E-state index in [1.54, 1.807) is 6.92 Å². The Bertz CT molecular complexity index is 1010. The number of aliphatic hydroxyl groups excluding tert-OH is 2. The van der Waals surface area contributed by atoms with Crippen molar-refractivity contribution in [2.75, 3.05) is 0 Å². The average molecular weight is 519 g/mol. The van der Waals surface area contributed by atoms with Crippen LogP contribution in [0, 0.1) is 29.1 Å². The summed E-state index contributed by atoms with van der Waals surface area (Å²) in [6.45, 7) is 7.72. The van der Waals surface area contributed by atoms with E-state index in [1.807, 2.05) is 24.1 Å². The predicted molar refractivity (Wildman–Crippen MR) is 123 cm³/mol. The van der Waals surface area contributed by atoms with Crippen LogP contribution in [0.25, 0.3) is 0 Å². The lowest BCUT2D eigenvalue weighted by Crippen LogP contribution is -2.55. The molecule has 3 N–H and O–H groups in total. The van der Waals surface area contributed by atoms with Gasteiger partial charge in [0.25, 0.3) is 0 Å². The first-order chi connectivity index (χ1) is 16.5. The van der Waals surface area contributed by atoms with Crippen molar-refractivity contribution in [3.8, 4) is 11.8 Å². The van der Waals surface area contributed by atoms with E-state index in [-0.39, 0.29) is 30.1 Å². The molecule has 0 aromatic heterocycles. The second-order valence-electron chi connectivity index (χ2n) is 10.4. The minimum Gasteiger partial charge on any atom is -0.393 e. The summed E-state index contributed by atoms with van der Waals surface area (Å²) in [5, 5.41) is 29.3. The Labute approximate surface area is 207 Å². The number of alkyl halides is 6. The summed E-state index contributed by atoms with van der Waals surface area (Å²) in [4.78, 5) is 0. The Hall–Kier alpha value is -2.02. The van der Waals surface area contributed by atoms with Crippen molar-refractivity contribution >= 4 is 0 Å². The molecule has 200 valence electrons. The molecule has 3 aliphatic rings. The topological polar surface area (TPSA) is 60.7 Å². The van der Waals surface area contributed by atoms with Gasteiger partial charge in [-0.25, -0.2) is 0 Å². The van der Waals surface area contributed by atoms with Crippen LogP contribution >= 0.6 is 0 Å². The molecule has 0 aromatic carbocycles. The van der Waals surface area contributed by atoms with Crippen molar-refractivity contribution < 1.29 is 41.7 Å². The molecule has 0 spiro atoms. The highest BCUT2D eigenvalue weighted by Crippen LogP contribution is 2.57. The molecule has 0 amide bonds. The van der Waals surface area contributed by atoms with Crippen LogP contribution in [0.5, 0.6) is 0 Å². The third-order valence-corrected chi connectivity index (χ3v) is 7.90. The van der Waals surface area contributed by atoms with Crippen molar-refractivity contribution in [3.05, 3.63) is 47.1 Å². The van der Waals surface area contributed by atoms with E-state index in [2.05, 4.69) is 13.5 Å². The molecule has 0 aromatic rings. The number of fused-ring (bicyclic) bond motifs is 1. The van der Waals surface area contributed by atoms with Gasteiger partial charge in [0.1, 0.15) is 0 Å². The zero-order valence-corrected chi connectivity index (χ0v) is 20.3. The number of aliphatic hydroxyl groups is 3. The minimum absolute atomic E-state index is 0.127. The minimum atomic E-state index is -5.96. The molecule has 3 unspecified atom stereocenters. The molecular weight excluding hydrogens is 486 g/mol. The number of halogens is 6. The quantitative estimate of drug-likeness (QED) is 0.247. The molecule has 3 aliphatic carbocycles. The Kier molecular flexibility index (Phi) is 7.96. The molecule has 3 nitrogen and oxygen atoms in total. The summed E-state index contributed by atoms with van der Waals surface area (Å²) in [6, 6.07) is 0. The van der Waals surface area contributed by atoms with Crippen molar-refractivity contribution in [3.63, 3.8) is 0 Å². The Morgan fingerprint density at radius 2 is 1.81 bits per heavy atom. The van der Waals surface area contributed by atoms with E-state index < -0.39 is 30.2 Å². The number of rotatable bonds is 3. The van der Waals surface area contributed by atoms with Gasteiger partial charge in [0.2, 0.25) is 0 Å². The SMILES string of the molecule is C=C1C(=CC=C2CCC[C@]3(C)C(C(C)CC#CC(O)(C(F)(F)F)C(F)(F)F)=CCC23)CC(O)C[C@@H]1O. The molecule has 0 heterocycles. The molecule has 3 rings (SSSR count). The fourth-order valence-corrected chi connectivity index (χ4v) is 5.83. The third kappa shape index (κ3) is 5.32. The molecule has 9 heteroatoms.